The summed E-state index contributed by atoms with van der Waals surface area (Å²) in [5.74, 6) is 2.44. The summed E-state index contributed by atoms with van der Waals surface area (Å²) in [6.07, 6.45) is 6.30. The van der Waals surface area contributed by atoms with E-state index in [1.807, 2.05) is 0 Å². The molecular formula is C15H31NO. The van der Waals surface area contributed by atoms with Crippen LogP contribution in [0.3, 0.4) is 0 Å². The maximum atomic E-state index is 5.82. The molecule has 2 nitrogen and oxygen atoms in total. The van der Waals surface area contributed by atoms with Crippen molar-refractivity contribution in [2.24, 2.45) is 23.5 Å². The quantitative estimate of drug-likeness (QED) is 0.771. The Balaban J connectivity index is 2.50. The normalized spacial score (nSPS) is 26.1. The second-order valence-corrected chi connectivity index (χ2v) is 6.67. The summed E-state index contributed by atoms with van der Waals surface area (Å²) >= 11 is 0. The Kier molecular flexibility index (Phi) is 5.94. The van der Waals surface area contributed by atoms with E-state index in [1.54, 1.807) is 0 Å². The second kappa shape index (κ2) is 6.75. The molecule has 1 fully saturated rings. The lowest BCUT2D eigenvalue weighted by Gasteiger charge is -2.39. The molecule has 0 aromatic heterocycles. The fourth-order valence-corrected chi connectivity index (χ4v) is 3.06. The summed E-state index contributed by atoms with van der Waals surface area (Å²) in [7, 11) is 0. The van der Waals surface area contributed by atoms with Crippen molar-refractivity contribution < 1.29 is 4.74 Å². The van der Waals surface area contributed by atoms with Crippen molar-refractivity contribution in [1.82, 2.24) is 0 Å². The summed E-state index contributed by atoms with van der Waals surface area (Å²) in [5, 5.41) is 0. The van der Waals surface area contributed by atoms with Crippen molar-refractivity contribution in [1.29, 1.82) is 0 Å². The Morgan fingerprint density at radius 1 is 1.24 bits per heavy atom. The molecule has 1 rings (SSSR count). The van der Waals surface area contributed by atoms with Crippen molar-refractivity contribution in [3.05, 3.63) is 0 Å². The van der Waals surface area contributed by atoms with E-state index in [0.717, 1.165) is 30.9 Å². The SMILES string of the molecule is CC(C)CC[C@H](CCN)[C@@H]1CCOC(C)(C)C1. The lowest BCUT2D eigenvalue weighted by atomic mass is 9.76. The third-order valence-electron chi connectivity index (χ3n) is 4.05. The smallest absolute Gasteiger partial charge is 0.0629 e. The zero-order chi connectivity index (χ0) is 12.9. The number of ether oxygens (including phenoxy) is 1. The van der Waals surface area contributed by atoms with Crippen LogP contribution in [0.15, 0.2) is 0 Å². The van der Waals surface area contributed by atoms with Gasteiger partial charge in [0.05, 0.1) is 5.60 Å². The summed E-state index contributed by atoms with van der Waals surface area (Å²) in [4.78, 5) is 0. The average Bonchev–Trinajstić information content (AvgIpc) is 2.22. The fraction of sp³-hybridized carbons (Fsp3) is 1.00. The highest BCUT2D eigenvalue weighted by atomic mass is 16.5. The Morgan fingerprint density at radius 3 is 2.47 bits per heavy atom. The molecule has 1 aliphatic rings. The van der Waals surface area contributed by atoms with Gasteiger partial charge in [0.2, 0.25) is 0 Å². The van der Waals surface area contributed by atoms with Crippen LogP contribution >= 0.6 is 0 Å². The molecule has 1 saturated heterocycles. The van der Waals surface area contributed by atoms with Crippen molar-refractivity contribution in [2.45, 2.75) is 65.4 Å². The van der Waals surface area contributed by atoms with Crippen LogP contribution in [0.2, 0.25) is 0 Å². The van der Waals surface area contributed by atoms with Gasteiger partial charge < -0.3 is 10.5 Å². The zero-order valence-corrected chi connectivity index (χ0v) is 12.2. The summed E-state index contributed by atoms with van der Waals surface area (Å²) in [5.41, 5.74) is 5.86. The maximum absolute atomic E-state index is 5.82. The van der Waals surface area contributed by atoms with Gasteiger partial charge in [-0.25, -0.2) is 0 Å². The van der Waals surface area contributed by atoms with Gasteiger partial charge in [0.1, 0.15) is 0 Å². The fourth-order valence-electron chi connectivity index (χ4n) is 3.06. The van der Waals surface area contributed by atoms with Crippen LogP contribution in [0, 0.1) is 17.8 Å². The first kappa shape index (κ1) is 15.0. The molecule has 102 valence electrons. The molecule has 0 spiro atoms. The summed E-state index contributed by atoms with van der Waals surface area (Å²) in [6, 6.07) is 0. The zero-order valence-electron chi connectivity index (χ0n) is 12.2. The highest BCUT2D eigenvalue weighted by Gasteiger charge is 2.32. The lowest BCUT2D eigenvalue weighted by Crippen LogP contribution is -2.37. The lowest BCUT2D eigenvalue weighted by molar-refractivity contribution is -0.0838. The van der Waals surface area contributed by atoms with E-state index in [9.17, 15) is 0 Å². The van der Waals surface area contributed by atoms with E-state index in [0.29, 0.717) is 0 Å². The molecule has 0 radical (unpaired) electrons. The maximum Gasteiger partial charge on any atom is 0.0629 e. The molecule has 2 N–H and O–H groups in total. The first-order valence-corrected chi connectivity index (χ1v) is 7.28. The highest BCUT2D eigenvalue weighted by Crippen LogP contribution is 2.36. The number of rotatable bonds is 6. The Morgan fingerprint density at radius 2 is 1.94 bits per heavy atom. The van der Waals surface area contributed by atoms with E-state index in [4.69, 9.17) is 10.5 Å². The molecule has 2 atom stereocenters. The molecule has 2 heteroatoms. The molecule has 1 heterocycles. The van der Waals surface area contributed by atoms with Crippen LogP contribution in [0.1, 0.15) is 59.8 Å². The van der Waals surface area contributed by atoms with E-state index in [2.05, 4.69) is 27.7 Å². The van der Waals surface area contributed by atoms with Crippen LogP contribution in [0.5, 0.6) is 0 Å². The molecule has 0 unspecified atom stereocenters. The van der Waals surface area contributed by atoms with E-state index >= 15 is 0 Å². The predicted molar refractivity (Wildman–Crippen MR) is 74.0 cm³/mol. The van der Waals surface area contributed by atoms with Crippen LogP contribution in [0.4, 0.5) is 0 Å². The third-order valence-corrected chi connectivity index (χ3v) is 4.05. The van der Waals surface area contributed by atoms with Crippen LogP contribution < -0.4 is 5.73 Å². The molecule has 0 aromatic rings. The number of hydrogen-bond donors (Lipinski definition) is 1. The topological polar surface area (TPSA) is 35.2 Å². The minimum absolute atomic E-state index is 0.0770. The van der Waals surface area contributed by atoms with Crippen molar-refractivity contribution in [3.8, 4) is 0 Å². The average molecular weight is 241 g/mol. The minimum atomic E-state index is 0.0770. The first-order chi connectivity index (χ1) is 7.94. The Bertz CT molecular complexity index is 213. The predicted octanol–water partition coefficient (Wildman–Crippen LogP) is 3.59. The van der Waals surface area contributed by atoms with Crippen LogP contribution in [0.25, 0.3) is 0 Å². The molecular weight excluding hydrogens is 210 g/mol. The van der Waals surface area contributed by atoms with Gasteiger partial charge in [-0.2, -0.15) is 0 Å². The molecule has 0 saturated carbocycles. The van der Waals surface area contributed by atoms with Gasteiger partial charge in [-0.1, -0.05) is 20.3 Å². The standard InChI is InChI=1S/C15H31NO/c1-12(2)5-6-13(7-9-16)14-8-10-17-15(3,4)11-14/h12-14H,5-11,16H2,1-4H3/t13-,14-/m1/s1. The summed E-state index contributed by atoms with van der Waals surface area (Å²) in [6.45, 7) is 10.8. The van der Waals surface area contributed by atoms with Gasteiger partial charge in [0.25, 0.3) is 0 Å². The minimum Gasteiger partial charge on any atom is -0.376 e. The largest absolute Gasteiger partial charge is 0.376 e. The van der Waals surface area contributed by atoms with E-state index in [1.165, 1.54) is 32.1 Å². The molecule has 0 amide bonds. The molecule has 0 bridgehead atoms. The number of hydrogen-bond acceptors (Lipinski definition) is 2. The van der Waals surface area contributed by atoms with Gasteiger partial charge in [0, 0.05) is 6.61 Å². The van der Waals surface area contributed by atoms with Gasteiger partial charge in [-0.05, 0) is 63.8 Å². The van der Waals surface area contributed by atoms with Crippen molar-refractivity contribution in [3.63, 3.8) is 0 Å². The van der Waals surface area contributed by atoms with Gasteiger partial charge in [-0.3, -0.25) is 0 Å². The van der Waals surface area contributed by atoms with E-state index in [-0.39, 0.29) is 5.60 Å². The molecule has 1 aliphatic heterocycles. The first-order valence-electron chi connectivity index (χ1n) is 7.28. The van der Waals surface area contributed by atoms with Gasteiger partial charge in [0.15, 0.2) is 0 Å². The van der Waals surface area contributed by atoms with Crippen LogP contribution in [-0.4, -0.2) is 18.8 Å². The molecule has 0 aliphatic carbocycles. The van der Waals surface area contributed by atoms with E-state index < -0.39 is 0 Å². The number of nitrogens with two attached hydrogens (primary N) is 1. The van der Waals surface area contributed by atoms with Crippen molar-refractivity contribution in [2.75, 3.05) is 13.2 Å². The Labute approximate surface area is 107 Å². The third kappa shape index (κ3) is 5.39. The van der Waals surface area contributed by atoms with Gasteiger partial charge >= 0.3 is 0 Å². The highest BCUT2D eigenvalue weighted by molar-refractivity contribution is 4.83. The monoisotopic (exact) mass is 241 g/mol. The van der Waals surface area contributed by atoms with Crippen LogP contribution in [-0.2, 0) is 4.74 Å². The molecule has 17 heavy (non-hydrogen) atoms. The summed E-state index contributed by atoms with van der Waals surface area (Å²) < 4.78 is 5.82. The molecule has 0 aromatic carbocycles. The van der Waals surface area contributed by atoms with Crippen molar-refractivity contribution >= 4 is 0 Å². The second-order valence-electron chi connectivity index (χ2n) is 6.67. The Hall–Kier alpha value is -0.0800. The van der Waals surface area contributed by atoms with Gasteiger partial charge in [-0.15, -0.1) is 0 Å².